The van der Waals surface area contributed by atoms with Crippen LogP contribution in [0.4, 0.5) is 11.4 Å². The van der Waals surface area contributed by atoms with E-state index in [4.69, 9.17) is 5.73 Å². The van der Waals surface area contributed by atoms with E-state index in [1.54, 1.807) is 13.8 Å². The minimum atomic E-state index is -0.719. The number of likely N-dealkylation sites (N-methyl/N-ethyl adjacent to an activating group) is 1. The van der Waals surface area contributed by atoms with E-state index in [0.717, 1.165) is 21.4 Å². The second-order valence-electron chi connectivity index (χ2n) is 4.83. The van der Waals surface area contributed by atoms with Gasteiger partial charge in [0, 0.05) is 23.8 Å². The Bertz CT molecular complexity index is 385. The summed E-state index contributed by atoms with van der Waals surface area (Å²) in [4.78, 5) is 2.01. The first-order chi connectivity index (χ1) is 7.20. The number of hydrogen-bond acceptors (Lipinski definition) is 3. The first kappa shape index (κ1) is 13.3. The summed E-state index contributed by atoms with van der Waals surface area (Å²) >= 11 is 3.49. The van der Waals surface area contributed by atoms with E-state index in [0.29, 0.717) is 6.54 Å². The molecule has 0 aliphatic rings. The van der Waals surface area contributed by atoms with Gasteiger partial charge in [-0.2, -0.15) is 0 Å². The van der Waals surface area contributed by atoms with Crippen LogP contribution in [0.3, 0.4) is 0 Å². The molecule has 0 unspecified atom stereocenters. The van der Waals surface area contributed by atoms with Crippen molar-refractivity contribution in [2.75, 3.05) is 24.2 Å². The van der Waals surface area contributed by atoms with Crippen LogP contribution in [0.1, 0.15) is 19.4 Å². The van der Waals surface area contributed by atoms with Crippen LogP contribution in [0, 0.1) is 6.92 Å². The molecule has 0 radical (unpaired) electrons. The SMILES string of the molecule is Cc1cc(N(C)CC(C)(C)O)c(Br)cc1N. The maximum Gasteiger partial charge on any atom is 0.0765 e. The minimum Gasteiger partial charge on any atom is -0.398 e. The summed E-state index contributed by atoms with van der Waals surface area (Å²) < 4.78 is 0.947. The second kappa shape index (κ2) is 4.63. The van der Waals surface area contributed by atoms with Crippen LogP contribution in [0.25, 0.3) is 0 Å². The molecule has 0 saturated carbocycles. The maximum absolute atomic E-state index is 9.78. The zero-order chi connectivity index (χ0) is 12.5. The molecule has 1 aromatic carbocycles. The van der Waals surface area contributed by atoms with E-state index in [-0.39, 0.29) is 0 Å². The molecule has 4 heteroatoms. The summed E-state index contributed by atoms with van der Waals surface area (Å²) in [6.45, 7) is 6.13. The third kappa shape index (κ3) is 3.39. The maximum atomic E-state index is 9.78. The molecule has 0 fully saturated rings. The van der Waals surface area contributed by atoms with Crippen LogP contribution < -0.4 is 10.6 Å². The van der Waals surface area contributed by atoms with Gasteiger partial charge in [0.25, 0.3) is 0 Å². The van der Waals surface area contributed by atoms with Crippen LogP contribution in [-0.4, -0.2) is 24.3 Å². The Hall–Kier alpha value is -0.740. The number of anilines is 2. The smallest absolute Gasteiger partial charge is 0.0765 e. The number of hydrogen-bond donors (Lipinski definition) is 2. The highest BCUT2D eigenvalue weighted by molar-refractivity contribution is 9.10. The third-order valence-electron chi connectivity index (χ3n) is 2.37. The summed E-state index contributed by atoms with van der Waals surface area (Å²) in [6, 6.07) is 3.91. The average molecular weight is 287 g/mol. The van der Waals surface area contributed by atoms with Crippen molar-refractivity contribution in [3.05, 3.63) is 22.2 Å². The van der Waals surface area contributed by atoms with E-state index in [9.17, 15) is 5.11 Å². The first-order valence-corrected chi connectivity index (χ1v) is 5.99. The Morgan fingerprint density at radius 1 is 1.44 bits per heavy atom. The molecule has 0 aliphatic carbocycles. The van der Waals surface area contributed by atoms with Crippen LogP contribution in [0.2, 0.25) is 0 Å². The number of nitrogens with zero attached hydrogens (tertiary/aromatic N) is 1. The summed E-state index contributed by atoms with van der Waals surface area (Å²) in [5.74, 6) is 0. The largest absolute Gasteiger partial charge is 0.398 e. The molecule has 0 saturated heterocycles. The summed E-state index contributed by atoms with van der Waals surface area (Å²) in [6.07, 6.45) is 0. The van der Waals surface area contributed by atoms with E-state index < -0.39 is 5.60 Å². The van der Waals surface area contributed by atoms with Gasteiger partial charge >= 0.3 is 0 Å². The summed E-state index contributed by atoms with van der Waals surface area (Å²) in [7, 11) is 1.95. The van der Waals surface area contributed by atoms with E-state index >= 15 is 0 Å². The second-order valence-corrected chi connectivity index (χ2v) is 5.68. The van der Waals surface area contributed by atoms with Gasteiger partial charge in [-0.15, -0.1) is 0 Å². The van der Waals surface area contributed by atoms with Crippen molar-refractivity contribution < 1.29 is 5.11 Å². The first-order valence-electron chi connectivity index (χ1n) is 5.20. The van der Waals surface area contributed by atoms with Crippen LogP contribution >= 0.6 is 15.9 Å². The Labute approximate surface area is 105 Å². The molecule has 3 nitrogen and oxygen atoms in total. The molecule has 0 amide bonds. The van der Waals surface area contributed by atoms with Crippen molar-refractivity contribution in [1.29, 1.82) is 0 Å². The van der Waals surface area contributed by atoms with E-state index in [1.165, 1.54) is 0 Å². The van der Waals surface area contributed by atoms with Gasteiger partial charge in [0.15, 0.2) is 0 Å². The van der Waals surface area contributed by atoms with Crippen molar-refractivity contribution in [1.82, 2.24) is 0 Å². The molecule has 1 aromatic rings. The lowest BCUT2D eigenvalue weighted by atomic mass is 10.1. The standard InChI is InChI=1S/C12H19BrN2O/c1-8-5-11(9(13)6-10(8)14)15(4)7-12(2,3)16/h5-6,16H,7,14H2,1-4H3. The van der Waals surface area contributed by atoms with Crippen molar-refractivity contribution >= 4 is 27.3 Å². The molecular weight excluding hydrogens is 268 g/mol. The number of rotatable bonds is 3. The van der Waals surface area contributed by atoms with Gasteiger partial charge in [0.2, 0.25) is 0 Å². The fourth-order valence-electron chi connectivity index (χ4n) is 1.64. The zero-order valence-corrected chi connectivity index (χ0v) is 11.8. The minimum absolute atomic E-state index is 0.564. The van der Waals surface area contributed by atoms with Crippen molar-refractivity contribution in [2.24, 2.45) is 0 Å². The molecule has 0 atom stereocenters. The molecule has 0 bridgehead atoms. The normalized spacial score (nSPS) is 11.6. The Morgan fingerprint density at radius 2 is 2.00 bits per heavy atom. The number of nitrogen functional groups attached to an aromatic ring is 1. The van der Waals surface area contributed by atoms with E-state index in [2.05, 4.69) is 15.9 Å². The number of halogens is 1. The lowest BCUT2D eigenvalue weighted by Crippen LogP contribution is -2.36. The fourth-order valence-corrected chi connectivity index (χ4v) is 2.30. The number of aliphatic hydroxyl groups is 1. The third-order valence-corrected chi connectivity index (χ3v) is 3.01. The van der Waals surface area contributed by atoms with Crippen molar-refractivity contribution in [3.63, 3.8) is 0 Å². The van der Waals surface area contributed by atoms with Gasteiger partial charge in [-0.05, 0) is 54.4 Å². The predicted molar refractivity (Wildman–Crippen MR) is 72.9 cm³/mol. The van der Waals surface area contributed by atoms with Crippen molar-refractivity contribution in [3.8, 4) is 0 Å². The van der Waals surface area contributed by atoms with E-state index in [1.807, 2.05) is 31.0 Å². The van der Waals surface area contributed by atoms with Crippen LogP contribution in [-0.2, 0) is 0 Å². The van der Waals surface area contributed by atoms with Crippen molar-refractivity contribution in [2.45, 2.75) is 26.4 Å². The zero-order valence-electron chi connectivity index (χ0n) is 10.2. The number of benzene rings is 1. The monoisotopic (exact) mass is 286 g/mol. The van der Waals surface area contributed by atoms with Gasteiger partial charge < -0.3 is 15.7 Å². The highest BCUT2D eigenvalue weighted by Gasteiger charge is 2.17. The molecular formula is C12H19BrN2O. The van der Waals surface area contributed by atoms with Gasteiger partial charge in [-0.3, -0.25) is 0 Å². The highest BCUT2D eigenvalue weighted by Crippen LogP contribution is 2.30. The number of nitrogens with two attached hydrogens (primary N) is 1. The predicted octanol–water partition coefficient (Wildman–Crippen LogP) is 2.55. The average Bonchev–Trinajstić information content (AvgIpc) is 2.08. The molecule has 1 rings (SSSR count). The lowest BCUT2D eigenvalue weighted by molar-refractivity contribution is 0.0886. The van der Waals surface area contributed by atoms with Gasteiger partial charge in [0.05, 0.1) is 11.3 Å². The Morgan fingerprint density at radius 3 is 2.50 bits per heavy atom. The quantitative estimate of drug-likeness (QED) is 0.840. The van der Waals surface area contributed by atoms with Gasteiger partial charge in [-0.25, -0.2) is 0 Å². The van der Waals surface area contributed by atoms with Crippen LogP contribution in [0.5, 0.6) is 0 Å². The molecule has 0 heterocycles. The summed E-state index contributed by atoms with van der Waals surface area (Å²) in [5.41, 5.74) is 7.95. The molecule has 16 heavy (non-hydrogen) atoms. The lowest BCUT2D eigenvalue weighted by Gasteiger charge is -2.28. The Kier molecular flexibility index (Phi) is 3.86. The Balaban J connectivity index is 3.00. The molecule has 3 N–H and O–H groups in total. The highest BCUT2D eigenvalue weighted by atomic mass is 79.9. The molecule has 0 spiro atoms. The molecule has 90 valence electrons. The summed E-state index contributed by atoms with van der Waals surface area (Å²) in [5, 5.41) is 9.78. The van der Waals surface area contributed by atoms with Gasteiger partial charge in [-0.1, -0.05) is 0 Å². The fraction of sp³-hybridized carbons (Fsp3) is 0.500. The molecule has 0 aromatic heterocycles. The van der Waals surface area contributed by atoms with Gasteiger partial charge in [0.1, 0.15) is 0 Å². The number of aryl methyl sites for hydroxylation is 1. The molecule has 0 aliphatic heterocycles. The van der Waals surface area contributed by atoms with Crippen LogP contribution in [0.15, 0.2) is 16.6 Å². The topological polar surface area (TPSA) is 49.5 Å².